The summed E-state index contributed by atoms with van der Waals surface area (Å²) in [5.74, 6) is -0.517. The predicted molar refractivity (Wildman–Crippen MR) is 94.3 cm³/mol. The Labute approximate surface area is 145 Å². The Hall–Kier alpha value is -3.09. The van der Waals surface area contributed by atoms with Crippen molar-refractivity contribution >= 4 is 23.2 Å². The van der Waals surface area contributed by atoms with Crippen LogP contribution in [0.1, 0.15) is 5.56 Å². The average molecular weight is 345 g/mol. The first-order valence-corrected chi connectivity index (χ1v) is 7.68. The Kier molecular flexibility index (Phi) is 6.33. The highest BCUT2D eigenvalue weighted by Gasteiger charge is 2.09. The fourth-order valence-corrected chi connectivity index (χ4v) is 2.11. The number of nitrogens with one attached hydrogen (secondary N) is 3. The summed E-state index contributed by atoms with van der Waals surface area (Å²) in [6.45, 7) is 1.71. The molecule has 0 fully saturated rings. The molecule has 0 aliphatic rings. The number of ether oxygens (including phenoxy) is 1. The van der Waals surface area contributed by atoms with Gasteiger partial charge in [-0.05, 0) is 48.9 Å². The van der Waals surface area contributed by atoms with Gasteiger partial charge in [-0.1, -0.05) is 6.07 Å². The van der Waals surface area contributed by atoms with Crippen molar-refractivity contribution in [3.63, 3.8) is 0 Å². The lowest BCUT2D eigenvalue weighted by Crippen LogP contribution is -2.36. The topological polar surface area (TPSA) is 79.5 Å². The van der Waals surface area contributed by atoms with Gasteiger partial charge in [0.2, 0.25) is 11.8 Å². The Morgan fingerprint density at radius 2 is 1.76 bits per heavy atom. The van der Waals surface area contributed by atoms with Crippen molar-refractivity contribution < 1.29 is 18.7 Å². The third kappa shape index (κ3) is 5.80. The van der Waals surface area contributed by atoms with Crippen LogP contribution in [0, 0.1) is 12.7 Å². The van der Waals surface area contributed by atoms with Gasteiger partial charge in [-0.15, -0.1) is 0 Å². The standard InChI is InChI=1S/C18H20FN3O3/c1-12-3-8-16(25-2)15(9-12)22-18(24)11-21-17(23)10-20-14-6-4-13(19)5-7-14/h3-9,20H,10-11H2,1-2H3,(H,21,23)(H,22,24). The van der Waals surface area contributed by atoms with Gasteiger partial charge in [-0.25, -0.2) is 4.39 Å². The fraction of sp³-hybridized carbons (Fsp3) is 0.222. The van der Waals surface area contributed by atoms with Crippen molar-refractivity contribution in [1.82, 2.24) is 5.32 Å². The smallest absolute Gasteiger partial charge is 0.243 e. The summed E-state index contributed by atoms with van der Waals surface area (Å²) < 4.78 is 18.0. The van der Waals surface area contributed by atoms with Crippen LogP contribution in [0.25, 0.3) is 0 Å². The van der Waals surface area contributed by atoms with Gasteiger partial charge in [0.1, 0.15) is 11.6 Å². The van der Waals surface area contributed by atoms with Gasteiger partial charge in [0, 0.05) is 5.69 Å². The molecule has 0 saturated heterocycles. The van der Waals surface area contributed by atoms with E-state index in [4.69, 9.17) is 4.74 Å². The maximum absolute atomic E-state index is 12.8. The molecule has 25 heavy (non-hydrogen) atoms. The molecule has 7 heteroatoms. The molecule has 0 atom stereocenters. The number of hydrogen-bond acceptors (Lipinski definition) is 4. The van der Waals surface area contributed by atoms with Gasteiger partial charge < -0.3 is 20.7 Å². The number of halogens is 1. The molecule has 0 heterocycles. The van der Waals surface area contributed by atoms with Gasteiger partial charge in [-0.3, -0.25) is 9.59 Å². The molecule has 0 bridgehead atoms. The summed E-state index contributed by atoms with van der Waals surface area (Å²) in [7, 11) is 1.52. The van der Waals surface area contributed by atoms with E-state index in [2.05, 4.69) is 16.0 Å². The van der Waals surface area contributed by atoms with Crippen LogP contribution in [0.4, 0.5) is 15.8 Å². The summed E-state index contributed by atoms with van der Waals surface area (Å²) in [5.41, 5.74) is 2.14. The summed E-state index contributed by atoms with van der Waals surface area (Å²) >= 11 is 0. The number of carbonyl (C=O) groups excluding carboxylic acids is 2. The lowest BCUT2D eigenvalue weighted by atomic mass is 10.2. The van der Waals surface area contributed by atoms with Crippen LogP contribution in [-0.2, 0) is 9.59 Å². The number of carbonyl (C=O) groups is 2. The number of amides is 2. The largest absolute Gasteiger partial charge is 0.495 e. The lowest BCUT2D eigenvalue weighted by Gasteiger charge is -2.12. The van der Waals surface area contributed by atoms with E-state index in [1.165, 1.54) is 31.4 Å². The third-order valence-electron chi connectivity index (χ3n) is 3.37. The fourth-order valence-electron chi connectivity index (χ4n) is 2.11. The number of methoxy groups -OCH3 is 1. The van der Waals surface area contributed by atoms with Gasteiger partial charge in [0.05, 0.1) is 25.9 Å². The van der Waals surface area contributed by atoms with Gasteiger partial charge in [0.25, 0.3) is 0 Å². The molecule has 0 aromatic heterocycles. The normalized spacial score (nSPS) is 10.0. The molecule has 3 N–H and O–H groups in total. The zero-order valence-electron chi connectivity index (χ0n) is 14.1. The van der Waals surface area contributed by atoms with Crippen LogP contribution < -0.4 is 20.7 Å². The quantitative estimate of drug-likeness (QED) is 0.719. The Bertz CT molecular complexity index is 748. The highest BCUT2D eigenvalue weighted by molar-refractivity contribution is 5.96. The molecule has 6 nitrogen and oxygen atoms in total. The van der Waals surface area contributed by atoms with Gasteiger partial charge in [-0.2, -0.15) is 0 Å². The average Bonchev–Trinajstić information content (AvgIpc) is 2.59. The Morgan fingerprint density at radius 3 is 2.44 bits per heavy atom. The Balaban J connectivity index is 1.78. The number of aryl methyl sites for hydroxylation is 1. The molecular formula is C18H20FN3O3. The van der Waals surface area contributed by atoms with E-state index in [1.54, 1.807) is 12.1 Å². The van der Waals surface area contributed by atoms with Crippen LogP contribution in [0.3, 0.4) is 0 Å². The van der Waals surface area contributed by atoms with Crippen LogP contribution in [0.2, 0.25) is 0 Å². The summed E-state index contributed by atoms with van der Waals surface area (Å²) in [6, 6.07) is 11.1. The van der Waals surface area contributed by atoms with E-state index in [-0.39, 0.29) is 30.7 Å². The molecule has 2 aromatic carbocycles. The van der Waals surface area contributed by atoms with E-state index in [0.29, 0.717) is 17.1 Å². The number of benzene rings is 2. The molecular weight excluding hydrogens is 325 g/mol. The van der Waals surface area contributed by atoms with Gasteiger partial charge in [0.15, 0.2) is 0 Å². The van der Waals surface area contributed by atoms with Crippen molar-refractivity contribution in [2.75, 3.05) is 30.8 Å². The molecule has 0 aliphatic heterocycles. The molecule has 2 aromatic rings. The Morgan fingerprint density at radius 1 is 1.04 bits per heavy atom. The first-order chi connectivity index (χ1) is 12.0. The van der Waals surface area contributed by atoms with Crippen LogP contribution in [0.15, 0.2) is 42.5 Å². The number of rotatable bonds is 7. The molecule has 2 rings (SSSR count). The number of hydrogen-bond donors (Lipinski definition) is 3. The minimum atomic E-state index is -0.362. The first kappa shape index (κ1) is 18.3. The minimum Gasteiger partial charge on any atom is -0.495 e. The second-order valence-electron chi connectivity index (χ2n) is 5.39. The third-order valence-corrected chi connectivity index (χ3v) is 3.37. The maximum Gasteiger partial charge on any atom is 0.243 e. The van der Waals surface area contributed by atoms with Crippen molar-refractivity contribution in [2.45, 2.75) is 6.92 Å². The molecule has 0 unspecified atom stereocenters. The SMILES string of the molecule is COc1ccc(C)cc1NC(=O)CNC(=O)CNc1ccc(F)cc1. The second-order valence-corrected chi connectivity index (χ2v) is 5.39. The van der Waals surface area contributed by atoms with E-state index in [0.717, 1.165) is 5.56 Å². The maximum atomic E-state index is 12.8. The minimum absolute atomic E-state index is 0.0212. The van der Waals surface area contributed by atoms with E-state index in [9.17, 15) is 14.0 Å². The van der Waals surface area contributed by atoms with Crippen LogP contribution in [-0.4, -0.2) is 32.0 Å². The molecule has 0 radical (unpaired) electrons. The monoisotopic (exact) mass is 345 g/mol. The molecule has 0 spiro atoms. The highest BCUT2D eigenvalue weighted by Crippen LogP contribution is 2.24. The van der Waals surface area contributed by atoms with Crippen molar-refractivity contribution in [1.29, 1.82) is 0 Å². The summed E-state index contributed by atoms with van der Waals surface area (Å²) in [4.78, 5) is 23.7. The van der Waals surface area contributed by atoms with Crippen molar-refractivity contribution in [3.8, 4) is 5.75 Å². The van der Waals surface area contributed by atoms with Crippen LogP contribution in [0.5, 0.6) is 5.75 Å². The van der Waals surface area contributed by atoms with E-state index < -0.39 is 0 Å². The molecule has 0 aliphatic carbocycles. The van der Waals surface area contributed by atoms with Gasteiger partial charge >= 0.3 is 0 Å². The van der Waals surface area contributed by atoms with E-state index >= 15 is 0 Å². The second kappa shape index (κ2) is 8.68. The first-order valence-electron chi connectivity index (χ1n) is 7.68. The predicted octanol–water partition coefficient (Wildman–Crippen LogP) is 2.31. The van der Waals surface area contributed by atoms with Crippen molar-refractivity contribution in [2.24, 2.45) is 0 Å². The highest BCUT2D eigenvalue weighted by atomic mass is 19.1. The number of anilines is 2. The summed E-state index contributed by atoms with van der Waals surface area (Å²) in [6.07, 6.45) is 0. The molecule has 0 saturated carbocycles. The zero-order chi connectivity index (χ0) is 18.2. The van der Waals surface area contributed by atoms with Crippen molar-refractivity contribution in [3.05, 3.63) is 53.8 Å². The van der Waals surface area contributed by atoms with E-state index in [1.807, 2.05) is 13.0 Å². The lowest BCUT2D eigenvalue weighted by molar-refractivity contribution is -0.122. The zero-order valence-corrected chi connectivity index (χ0v) is 14.1. The summed E-state index contributed by atoms with van der Waals surface area (Å²) in [5, 5.41) is 8.05. The molecule has 2 amide bonds. The molecule has 132 valence electrons. The van der Waals surface area contributed by atoms with Crippen LogP contribution >= 0.6 is 0 Å².